The summed E-state index contributed by atoms with van der Waals surface area (Å²) in [5.41, 5.74) is 1.40. The summed E-state index contributed by atoms with van der Waals surface area (Å²) in [7, 11) is 4.22. The summed E-state index contributed by atoms with van der Waals surface area (Å²) in [6, 6.07) is 9.15. The monoisotopic (exact) mass is 298 g/mol. The van der Waals surface area contributed by atoms with Crippen LogP contribution in [0.4, 0.5) is 0 Å². The van der Waals surface area contributed by atoms with Crippen molar-refractivity contribution in [3.63, 3.8) is 0 Å². The molecule has 3 heteroatoms. The normalized spacial score (nSPS) is 13.0. The maximum absolute atomic E-state index is 3.54. The van der Waals surface area contributed by atoms with Gasteiger partial charge in [0, 0.05) is 10.5 Å². The Morgan fingerprint density at radius 1 is 1.41 bits per heavy atom. The van der Waals surface area contributed by atoms with Gasteiger partial charge < -0.3 is 5.32 Å². The van der Waals surface area contributed by atoms with Gasteiger partial charge in [-0.1, -0.05) is 35.0 Å². The zero-order valence-corrected chi connectivity index (χ0v) is 12.6. The highest BCUT2D eigenvalue weighted by atomic mass is 79.9. The van der Waals surface area contributed by atoms with Crippen molar-refractivity contribution in [3.8, 4) is 0 Å². The predicted octanol–water partition coefficient (Wildman–Crippen LogP) is 3.44. The van der Waals surface area contributed by atoms with E-state index in [4.69, 9.17) is 0 Å². The second kappa shape index (κ2) is 7.85. The fraction of sp³-hybridized carbons (Fsp3) is 0.571. The minimum Gasteiger partial charge on any atom is -0.320 e. The Balaban J connectivity index is 2.63. The topological polar surface area (TPSA) is 15.3 Å². The van der Waals surface area contributed by atoms with Crippen molar-refractivity contribution in [2.45, 2.75) is 25.8 Å². The third-order valence-corrected chi connectivity index (χ3v) is 3.58. The molecule has 0 bridgehead atoms. The van der Waals surface area contributed by atoms with E-state index in [1.165, 1.54) is 12.0 Å². The molecule has 96 valence electrons. The molecule has 2 nitrogen and oxygen atoms in total. The second-order valence-corrected chi connectivity index (χ2v) is 5.33. The van der Waals surface area contributed by atoms with Gasteiger partial charge in [0.1, 0.15) is 0 Å². The van der Waals surface area contributed by atoms with Crippen LogP contribution in [0.25, 0.3) is 0 Å². The van der Waals surface area contributed by atoms with E-state index in [2.05, 4.69) is 64.4 Å². The Hall–Kier alpha value is -0.380. The number of benzene rings is 1. The molecule has 1 N–H and O–H groups in total. The molecule has 0 heterocycles. The average Bonchev–Trinajstić information content (AvgIpc) is 2.30. The highest BCUT2D eigenvalue weighted by molar-refractivity contribution is 9.10. The minimum atomic E-state index is 0.518. The zero-order chi connectivity index (χ0) is 12.7. The SMILES string of the molecule is CCC(c1cccc(Br)c1)N(C)CCCNC. The maximum Gasteiger partial charge on any atom is 0.0342 e. The molecule has 0 spiro atoms. The molecule has 0 aliphatic carbocycles. The largest absolute Gasteiger partial charge is 0.320 e. The van der Waals surface area contributed by atoms with E-state index in [0.29, 0.717) is 6.04 Å². The summed E-state index contributed by atoms with van der Waals surface area (Å²) in [4.78, 5) is 2.44. The Labute approximate surface area is 114 Å². The van der Waals surface area contributed by atoms with Crippen molar-refractivity contribution < 1.29 is 0 Å². The molecule has 17 heavy (non-hydrogen) atoms. The molecular formula is C14H23BrN2. The Morgan fingerprint density at radius 3 is 2.76 bits per heavy atom. The van der Waals surface area contributed by atoms with Gasteiger partial charge in [-0.05, 0) is 57.7 Å². The molecule has 1 aromatic rings. The van der Waals surface area contributed by atoms with Crippen molar-refractivity contribution in [1.29, 1.82) is 0 Å². The van der Waals surface area contributed by atoms with Gasteiger partial charge >= 0.3 is 0 Å². The van der Waals surface area contributed by atoms with E-state index in [9.17, 15) is 0 Å². The summed E-state index contributed by atoms with van der Waals surface area (Å²) in [6.45, 7) is 4.46. The van der Waals surface area contributed by atoms with E-state index < -0.39 is 0 Å². The number of nitrogens with zero attached hydrogens (tertiary/aromatic N) is 1. The highest BCUT2D eigenvalue weighted by Crippen LogP contribution is 2.25. The number of nitrogens with one attached hydrogen (secondary N) is 1. The van der Waals surface area contributed by atoms with Crippen molar-refractivity contribution in [2.75, 3.05) is 27.2 Å². The molecular weight excluding hydrogens is 276 g/mol. The fourth-order valence-electron chi connectivity index (χ4n) is 2.18. The molecule has 0 radical (unpaired) electrons. The first-order chi connectivity index (χ1) is 8.19. The summed E-state index contributed by atoms with van der Waals surface area (Å²) in [5, 5.41) is 3.19. The van der Waals surface area contributed by atoms with Gasteiger partial charge in [-0.3, -0.25) is 4.90 Å². The van der Waals surface area contributed by atoms with Crippen molar-refractivity contribution >= 4 is 15.9 Å². The average molecular weight is 299 g/mol. The lowest BCUT2D eigenvalue weighted by atomic mass is 10.0. The first-order valence-corrected chi connectivity index (χ1v) is 7.08. The van der Waals surface area contributed by atoms with Crippen molar-refractivity contribution in [2.24, 2.45) is 0 Å². The number of rotatable bonds is 7. The molecule has 0 saturated heterocycles. The van der Waals surface area contributed by atoms with Gasteiger partial charge in [0.15, 0.2) is 0 Å². The van der Waals surface area contributed by atoms with E-state index in [0.717, 1.165) is 24.0 Å². The lowest BCUT2D eigenvalue weighted by molar-refractivity contribution is 0.236. The Morgan fingerprint density at radius 2 is 2.18 bits per heavy atom. The van der Waals surface area contributed by atoms with Crippen LogP contribution in [0, 0.1) is 0 Å². The van der Waals surface area contributed by atoms with Gasteiger partial charge in [-0.15, -0.1) is 0 Å². The Bertz CT molecular complexity index is 328. The zero-order valence-electron chi connectivity index (χ0n) is 11.0. The molecule has 0 amide bonds. The summed E-state index contributed by atoms with van der Waals surface area (Å²) < 4.78 is 1.16. The van der Waals surface area contributed by atoms with E-state index >= 15 is 0 Å². The van der Waals surface area contributed by atoms with Gasteiger partial charge in [0.05, 0.1) is 0 Å². The van der Waals surface area contributed by atoms with E-state index in [-0.39, 0.29) is 0 Å². The summed E-state index contributed by atoms with van der Waals surface area (Å²) in [5.74, 6) is 0. The Kier molecular flexibility index (Phi) is 6.78. The number of hydrogen-bond donors (Lipinski definition) is 1. The van der Waals surface area contributed by atoms with Crippen molar-refractivity contribution in [1.82, 2.24) is 10.2 Å². The molecule has 1 aromatic carbocycles. The molecule has 0 aliphatic heterocycles. The number of hydrogen-bond acceptors (Lipinski definition) is 2. The third-order valence-electron chi connectivity index (χ3n) is 3.09. The first-order valence-electron chi connectivity index (χ1n) is 6.29. The van der Waals surface area contributed by atoms with Gasteiger partial charge in [0.25, 0.3) is 0 Å². The van der Waals surface area contributed by atoms with Crippen LogP contribution in [-0.2, 0) is 0 Å². The highest BCUT2D eigenvalue weighted by Gasteiger charge is 2.14. The quantitative estimate of drug-likeness (QED) is 0.776. The van der Waals surface area contributed by atoms with E-state index in [1.54, 1.807) is 0 Å². The van der Waals surface area contributed by atoms with Gasteiger partial charge in [-0.2, -0.15) is 0 Å². The molecule has 1 atom stereocenters. The van der Waals surface area contributed by atoms with Crippen LogP contribution < -0.4 is 5.32 Å². The molecule has 1 unspecified atom stereocenters. The van der Waals surface area contributed by atoms with Gasteiger partial charge in [-0.25, -0.2) is 0 Å². The smallest absolute Gasteiger partial charge is 0.0342 e. The standard InChI is InChI=1S/C14H23BrN2/c1-4-14(17(3)10-6-9-16-2)12-7-5-8-13(15)11-12/h5,7-8,11,14,16H,4,6,9-10H2,1-3H3. The lowest BCUT2D eigenvalue weighted by Crippen LogP contribution is -2.27. The van der Waals surface area contributed by atoms with Crippen LogP contribution in [0.2, 0.25) is 0 Å². The lowest BCUT2D eigenvalue weighted by Gasteiger charge is -2.27. The molecule has 0 aliphatic rings. The molecule has 0 fully saturated rings. The third kappa shape index (κ3) is 4.78. The predicted molar refractivity (Wildman–Crippen MR) is 78.3 cm³/mol. The molecule has 0 aromatic heterocycles. The molecule has 0 saturated carbocycles. The van der Waals surface area contributed by atoms with Crippen LogP contribution in [-0.4, -0.2) is 32.1 Å². The summed E-state index contributed by atoms with van der Waals surface area (Å²) >= 11 is 3.54. The maximum atomic E-state index is 3.54. The van der Waals surface area contributed by atoms with Crippen molar-refractivity contribution in [3.05, 3.63) is 34.3 Å². The van der Waals surface area contributed by atoms with Gasteiger partial charge in [0.2, 0.25) is 0 Å². The van der Waals surface area contributed by atoms with Crippen LogP contribution in [0.3, 0.4) is 0 Å². The first kappa shape index (κ1) is 14.7. The minimum absolute atomic E-state index is 0.518. The van der Waals surface area contributed by atoms with E-state index in [1.807, 2.05) is 7.05 Å². The fourth-order valence-corrected chi connectivity index (χ4v) is 2.59. The van der Waals surface area contributed by atoms with Crippen LogP contribution in [0.15, 0.2) is 28.7 Å². The van der Waals surface area contributed by atoms with Crippen LogP contribution in [0.1, 0.15) is 31.4 Å². The summed E-state index contributed by atoms with van der Waals surface area (Å²) in [6.07, 6.45) is 2.34. The van der Waals surface area contributed by atoms with Crippen LogP contribution >= 0.6 is 15.9 Å². The number of halogens is 1. The molecule has 1 rings (SSSR count). The second-order valence-electron chi connectivity index (χ2n) is 4.42. The van der Waals surface area contributed by atoms with Crippen LogP contribution in [0.5, 0.6) is 0 Å².